The Labute approximate surface area is 150 Å². The monoisotopic (exact) mass is 389 g/mol. The first kappa shape index (κ1) is 18.2. The lowest BCUT2D eigenvalue weighted by Gasteiger charge is -2.20. The molecule has 0 aliphatic carbocycles. The van der Waals surface area contributed by atoms with E-state index < -0.39 is 0 Å². The van der Waals surface area contributed by atoms with Gasteiger partial charge in [0.15, 0.2) is 0 Å². The number of rotatable bonds is 7. The zero-order valence-electron chi connectivity index (χ0n) is 13.5. The van der Waals surface area contributed by atoms with E-state index in [2.05, 4.69) is 15.9 Å². The molecule has 2 aromatic rings. The third-order valence-corrected chi connectivity index (χ3v) is 3.99. The molecule has 0 unspecified atom stereocenters. The third-order valence-electron chi connectivity index (χ3n) is 3.50. The molecule has 0 aromatic heterocycles. The molecule has 1 amide bonds. The average Bonchev–Trinajstić information content (AvgIpc) is 2.60. The van der Waals surface area contributed by atoms with Crippen LogP contribution in [0.5, 0.6) is 5.75 Å². The maximum absolute atomic E-state index is 12.5. The van der Waals surface area contributed by atoms with Gasteiger partial charge >= 0.3 is 0 Å². The predicted octanol–water partition coefficient (Wildman–Crippen LogP) is 3.49. The number of hydrogen-bond acceptors (Lipinski definition) is 3. The molecule has 126 valence electrons. The number of benzene rings is 2. The first-order chi connectivity index (χ1) is 11.6. The smallest absolute Gasteiger partial charge is 0.246 e. The van der Waals surface area contributed by atoms with Crippen LogP contribution in [0.2, 0.25) is 0 Å². The number of carbonyl (C=O) groups excluding carboxylic acids is 1. The fraction of sp³-hybridized carbons (Fsp3) is 0.211. The second-order valence-electron chi connectivity index (χ2n) is 5.19. The fourth-order valence-corrected chi connectivity index (χ4v) is 2.67. The lowest BCUT2D eigenvalue weighted by Crippen LogP contribution is -2.31. The van der Waals surface area contributed by atoms with E-state index in [1.807, 2.05) is 48.5 Å². The molecule has 0 aliphatic rings. The highest BCUT2D eigenvalue weighted by Crippen LogP contribution is 2.24. The molecule has 24 heavy (non-hydrogen) atoms. The molecule has 1 N–H and O–H groups in total. The second-order valence-corrected chi connectivity index (χ2v) is 6.10. The minimum absolute atomic E-state index is 0.0768. The molecular formula is C19H20BrNO3. The van der Waals surface area contributed by atoms with Crippen molar-refractivity contribution in [2.45, 2.75) is 6.54 Å². The van der Waals surface area contributed by atoms with Crippen LogP contribution in [0.1, 0.15) is 11.1 Å². The molecule has 0 atom stereocenters. The van der Waals surface area contributed by atoms with Crippen molar-refractivity contribution in [3.05, 3.63) is 70.2 Å². The van der Waals surface area contributed by atoms with E-state index in [-0.39, 0.29) is 19.1 Å². The van der Waals surface area contributed by atoms with Gasteiger partial charge in [0.2, 0.25) is 5.91 Å². The van der Waals surface area contributed by atoms with Crippen molar-refractivity contribution < 1.29 is 14.6 Å². The van der Waals surface area contributed by atoms with Crippen LogP contribution in [0.3, 0.4) is 0 Å². The van der Waals surface area contributed by atoms with Gasteiger partial charge in [-0.3, -0.25) is 4.79 Å². The van der Waals surface area contributed by atoms with Crippen molar-refractivity contribution >= 4 is 27.9 Å². The molecular weight excluding hydrogens is 370 g/mol. The van der Waals surface area contributed by atoms with Gasteiger partial charge in [-0.15, -0.1) is 0 Å². The van der Waals surface area contributed by atoms with Crippen LogP contribution in [-0.4, -0.2) is 36.2 Å². The number of aliphatic hydroxyl groups is 1. The van der Waals surface area contributed by atoms with Crippen LogP contribution < -0.4 is 4.74 Å². The number of carbonyl (C=O) groups is 1. The summed E-state index contributed by atoms with van der Waals surface area (Å²) in [5.74, 6) is 0.536. The first-order valence-corrected chi connectivity index (χ1v) is 8.38. The van der Waals surface area contributed by atoms with Gasteiger partial charge in [0, 0.05) is 29.2 Å². The summed E-state index contributed by atoms with van der Waals surface area (Å²) in [6.07, 6.45) is 3.23. The van der Waals surface area contributed by atoms with Gasteiger partial charge in [-0.25, -0.2) is 0 Å². The van der Waals surface area contributed by atoms with Crippen molar-refractivity contribution in [3.63, 3.8) is 0 Å². The number of nitrogens with zero attached hydrogens (tertiary/aromatic N) is 1. The minimum Gasteiger partial charge on any atom is -0.496 e. The molecule has 0 aliphatic heterocycles. The molecule has 0 radical (unpaired) electrons. The summed E-state index contributed by atoms with van der Waals surface area (Å²) in [4.78, 5) is 14.1. The lowest BCUT2D eigenvalue weighted by molar-refractivity contribution is -0.127. The molecule has 0 bridgehead atoms. The highest BCUT2D eigenvalue weighted by Gasteiger charge is 2.11. The van der Waals surface area contributed by atoms with Crippen LogP contribution in [0.15, 0.2) is 59.1 Å². The van der Waals surface area contributed by atoms with E-state index in [0.717, 1.165) is 15.6 Å². The second kappa shape index (κ2) is 9.25. The summed E-state index contributed by atoms with van der Waals surface area (Å²) in [5, 5.41) is 9.22. The minimum atomic E-state index is -0.157. The molecule has 2 rings (SSSR count). The molecule has 5 heteroatoms. The van der Waals surface area contributed by atoms with Crippen LogP contribution >= 0.6 is 15.9 Å². The van der Waals surface area contributed by atoms with E-state index in [1.165, 1.54) is 6.08 Å². The Hall–Kier alpha value is -2.11. The Morgan fingerprint density at radius 3 is 2.67 bits per heavy atom. The fourth-order valence-electron chi connectivity index (χ4n) is 2.29. The number of halogens is 1. The maximum atomic E-state index is 12.5. The quantitative estimate of drug-likeness (QED) is 0.737. The van der Waals surface area contributed by atoms with Crippen molar-refractivity contribution in [1.29, 1.82) is 0 Å². The molecule has 0 spiro atoms. The van der Waals surface area contributed by atoms with Crippen LogP contribution in [0.4, 0.5) is 0 Å². The van der Waals surface area contributed by atoms with Crippen molar-refractivity contribution in [1.82, 2.24) is 4.90 Å². The number of amides is 1. The summed E-state index contributed by atoms with van der Waals surface area (Å²) in [6, 6.07) is 15.3. The van der Waals surface area contributed by atoms with Crippen LogP contribution in [-0.2, 0) is 11.3 Å². The Kier molecular flexibility index (Phi) is 7.03. The lowest BCUT2D eigenvalue weighted by atomic mass is 10.1. The van der Waals surface area contributed by atoms with Gasteiger partial charge in [-0.05, 0) is 29.8 Å². The van der Waals surface area contributed by atoms with Crippen LogP contribution in [0.25, 0.3) is 6.08 Å². The maximum Gasteiger partial charge on any atom is 0.246 e. The van der Waals surface area contributed by atoms with Crippen molar-refractivity contribution in [3.8, 4) is 5.75 Å². The summed E-state index contributed by atoms with van der Waals surface area (Å²) in [6.45, 7) is 0.667. The van der Waals surface area contributed by atoms with Gasteiger partial charge in [-0.2, -0.15) is 0 Å². The van der Waals surface area contributed by atoms with Gasteiger partial charge in [-0.1, -0.05) is 46.3 Å². The Morgan fingerprint density at radius 2 is 2.00 bits per heavy atom. The normalized spacial score (nSPS) is 10.8. The highest BCUT2D eigenvalue weighted by atomic mass is 79.9. The molecule has 2 aromatic carbocycles. The molecule has 0 heterocycles. The van der Waals surface area contributed by atoms with Crippen LogP contribution in [0, 0.1) is 0 Å². The van der Waals surface area contributed by atoms with Crippen molar-refractivity contribution in [2.24, 2.45) is 0 Å². The number of ether oxygens (including phenoxy) is 1. The van der Waals surface area contributed by atoms with Gasteiger partial charge in [0.05, 0.1) is 13.7 Å². The number of aliphatic hydroxyl groups excluding tert-OH is 1. The summed E-state index contributed by atoms with van der Waals surface area (Å²) < 4.78 is 6.21. The van der Waals surface area contributed by atoms with E-state index in [9.17, 15) is 9.90 Å². The van der Waals surface area contributed by atoms with E-state index in [4.69, 9.17) is 4.74 Å². The number of methoxy groups -OCH3 is 1. The molecule has 0 saturated heterocycles. The van der Waals surface area contributed by atoms with E-state index >= 15 is 0 Å². The molecule has 4 nitrogen and oxygen atoms in total. The average molecular weight is 390 g/mol. The molecule has 0 fully saturated rings. The molecule has 0 saturated carbocycles. The summed E-state index contributed by atoms with van der Waals surface area (Å²) >= 11 is 3.41. The highest BCUT2D eigenvalue weighted by molar-refractivity contribution is 9.10. The topological polar surface area (TPSA) is 49.8 Å². The number of hydrogen-bond donors (Lipinski definition) is 1. The Morgan fingerprint density at radius 1 is 1.25 bits per heavy atom. The zero-order valence-corrected chi connectivity index (χ0v) is 15.1. The van der Waals surface area contributed by atoms with E-state index in [0.29, 0.717) is 12.3 Å². The Bertz CT molecular complexity index is 701. The zero-order chi connectivity index (χ0) is 17.4. The third kappa shape index (κ3) is 5.22. The Balaban J connectivity index is 2.14. The van der Waals surface area contributed by atoms with Crippen molar-refractivity contribution in [2.75, 3.05) is 20.3 Å². The summed E-state index contributed by atoms with van der Waals surface area (Å²) in [7, 11) is 1.59. The van der Waals surface area contributed by atoms with Gasteiger partial charge in [0.25, 0.3) is 0 Å². The predicted molar refractivity (Wildman–Crippen MR) is 98.7 cm³/mol. The van der Waals surface area contributed by atoms with Gasteiger partial charge < -0.3 is 14.7 Å². The first-order valence-electron chi connectivity index (χ1n) is 7.59. The SMILES string of the molecule is COc1ccc(Br)cc1/C=C/C(=O)N(CCO)Cc1ccccc1. The largest absolute Gasteiger partial charge is 0.496 e. The van der Waals surface area contributed by atoms with Gasteiger partial charge in [0.1, 0.15) is 5.75 Å². The van der Waals surface area contributed by atoms with E-state index in [1.54, 1.807) is 18.1 Å². The summed E-state index contributed by atoms with van der Waals surface area (Å²) in [5.41, 5.74) is 1.83. The standard InChI is InChI=1S/C19H20BrNO3/c1-24-18-9-8-17(20)13-16(18)7-10-19(23)21(11-12-22)14-15-5-3-2-4-6-15/h2-10,13,22H,11-12,14H2,1H3/b10-7+.